The van der Waals surface area contributed by atoms with Crippen molar-refractivity contribution in [1.29, 1.82) is 5.26 Å². The van der Waals surface area contributed by atoms with Crippen LogP contribution in [0.25, 0.3) is 11.1 Å². The van der Waals surface area contributed by atoms with Gasteiger partial charge in [-0.3, -0.25) is 4.79 Å². The quantitative estimate of drug-likeness (QED) is 0.237. The Morgan fingerprint density at radius 3 is 2.74 bits per heavy atom. The Morgan fingerprint density at radius 1 is 1.26 bits per heavy atom. The van der Waals surface area contributed by atoms with E-state index in [-0.39, 0.29) is 11.5 Å². The third kappa shape index (κ3) is 5.04. The summed E-state index contributed by atoms with van der Waals surface area (Å²) in [5.41, 5.74) is 4.71. The summed E-state index contributed by atoms with van der Waals surface area (Å²) in [6.45, 7) is 6.00. The smallest absolute Gasteiger partial charge is 0.341 e. The summed E-state index contributed by atoms with van der Waals surface area (Å²) in [6.07, 6.45) is 5.58. The van der Waals surface area contributed by atoms with E-state index >= 15 is 0 Å². The lowest BCUT2D eigenvalue weighted by molar-refractivity contribution is -0.112. The van der Waals surface area contributed by atoms with E-state index in [1.165, 1.54) is 4.88 Å². The van der Waals surface area contributed by atoms with Crippen LogP contribution < -0.4 is 5.32 Å². The first kappa shape index (κ1) is 24.8. The summed E-state index contributed by atoms with van der Waals surface area (Å²) in [4.78, 5) is 27.0. The van der Waals surface area contributed by atoms with Crippen molar-refractivity contribution < 1.29 is 14.3 Å². The molecule has 0 radical (unpaired) electrons. The Bertz CT molecular complexity index is 1380. The first-order valence-corrected chi connectivity index (χ1v) is 12.7. The number of nitriles is 1. The Morgan fingerprint density at radius 2 is 2.03 bits per heavy atom. The number of ether oxygens (including phenoxy) is 1. The molecule has 0 aliphatic heterocycles. The molecule has 2 aromatic heterocycles. The molecule has 0 saturated carbocycles. The number of carbonyl (C=O) groups is 2. The van der Waals surface area contributed by atoms with Gasteiger partial charge >= 0.3 is 5.97 Å². The molecule has 1 amide bonds. The topological polar surface area (TPSA) is 84.1 Å². The van der Waals surface area contributed by atoms with E-state index in [9.17, 15) is 14.9 Å². The van der Waals surface area contributed by atoms with Crippen LogP contribution in [0.4, 0.5) is 5.69 Å². The molecular weight excluding hydrogens is 482 g/mol. The van der Waals surface area contributed by atoms with Gasteiger partial charge in [0.15, 0.2) is 0 Å². The van der Waals surface area contributed by atoms with Gasteiger partial charge in [-0.05, 0) is 87.9 Å². The molecule has 1 aromatic carbocycles. The summed E-state index contributed by atoms with van der Waals surface area (Å²) in [7, 11) is 0. The minimum atomic E-state index is -0.515. The SMILES string of the molecule is CCOC(=O)c1c(-n2c(C)cc(/C=C(\C#N)C(=O)Nc3cccc(Cl)c3)c2C)sc2c1CCCC2. The van der Waals surface area contributed by atoms with E-state index in [0.717, 1.165) is 53.2 Å². The van der Waals surface area contributed by atoms with E-state index in [4.69, 9.17) is 16.3 Å². The number of anilines is 1. The van der Waals surface area contributed by atoms with Gasteiger partial charge in [-0.1, -0.05) is 17.7 Å². The maximum absolute atomic E-state index is 13.0. The van der Waals surface area contributed by atoms with Crippen LogP contribution in [-0.2, 0) is 22.4 Å². The third-order valence-corrected chi connectivity index (χ3v) is 7.57. The zero-order valence-corrected chi connectivity index (χ0v) is 21.5. The molecule has 0 atom stereocenters. The van der Waals surface area contributed by atoms with Gasteiger partial charge in [0, 0.05) is 27.0 Å². The largest absolute Gasteiger partial charge is 0.462 e. The molecule has 0 fully saturated rings. The molecule has 1 N–H and O–H groups in total. The molecule has 180 valence electrons. The van der Waals surface area contributed by atoms with E-state index in [2.05, 4.69) is 5.32 Å². The number of thiophene rings is 1. The molecule has 0 spiro atoms. The predicted molar refractivity (Wildman–Crippen MR) is 139 cm³/mol. The number of nitrogens with one attached hydrogen (secondary N) is 1. The van der Waals surface area contributed by atoms with Crippen molar-refractivity contribution in [2.45, 2.75) is 46.5 Å². The molecule has 8 heteroatoms. The number of halogens is 1. The number of hydrogen-bond donors (Lipinski definition) is 1. The highest BCUT2D eigenvalue weighted by Crippen LogP contribution is 2.39. The number of carbonyl (C=O) groups excluding carboxylic acids is 2. The normalized spacial score (nSPS) is 13.2. The van der Waals surface area contributed by atoms with Crippen molar-refractivity contribution in [3.8, 4) is 11.1 Å². The molecule has 35 heavy (non-hydrogen) atoms. The number of hydrogen-bond acceptors (Lipinski definition) is 5. The average molecular weight is 508 g/mol. The first-order valence-electron chi connectivity index (χ1n) is 11.5. The van der Waals surface area contributed by atoms with Crippen molar-refractivity contribution in [3.05, 3.63) is 73.9 Å². The number of benzene rings is 1. The molecule has 2 heterocycles. The number of aromatic nitrogens is 1. The maximum Gasteiger partial charge on any atom is 0.341 e. The number of rotatable bonds is 6. The van der Waals surface area contributed by atoms with Gasteiger partial charge in [0.25, 0.3) is 5.91 Å². The lowest BCUT2D eigenvalue weighted by Gasteiger charge is -2.13. The molecule has 1 aliphatic carbocycles. The van der Waals surface area contributed by atoms with Crippen molar-refractivity contribution in [2.75, 3.05) is 11.9 Å². The maximum atomic E-state index is 13.0. The zero-order valence-electron chi connectivity index (χ0n) is 19.9. The monoisotopic (exact) mass is 507 g/mol. The Balaban J connectivity index is 1.74. The highest BCUT2D eigenvalue weighted by atomic mass is 35.5. The van der Waals surface area contributed by atoms with Crippen LogP contribution in [0, 0.1) is 25.2 Å². The minimum Gasteiger partial charge on any atom is -0.462 e. The fraction of sp³-hybridized carbons (Fsp3) is 0.296. The highest BCUT2D eigenvalue weighted by Gasteiger charge is 2.28. The van der Waals surface area contributed by atoms with Gasteiger partial charge in [-0.25, -0.2) is 4.79 Å². The molecule has 0 unspecified atom stereocenters. The molecule has 1 aliphatic rings. The number of fused-ring (bicyclic) bond motifs is 1. The molecule has 0 saturated heterocycles. The zero-order chi connectivity index (χ0) is 25.1. The Labute approximate surface area is 213 Å². The van der Waals surface area contributed by atoms with E-state index in [1.54, 1.807) is 41.7 Å². The molecule has 3 aromatic rings. The molecule has 6 nitrogen and oxygen atoms in total. The number of esters is 1. The third-order valence-electron chi connectivity index (χ3n) is 6.05. The second-order valence-electron chi connectivity index (χ2n) is 8.41. The molecular formula is C27H26ClN3O3S. The van der Waals surface area contributed by atoms with Crippen LogP contribution in [0.3, 0.4) is 0 Å². The van der Waals surface area contributed by atoms with E-state index in [0.29, 0.717) is 22.9 Å². The number of nitrogens with zero attached hydrogens (tertiary/aromatic N) is 2. The van der Waals surface area contributed by atoms with Crippen LogP contribution in [0.1, 0.15) is 57.5 Å². The van der Waals surface area contributed by atoms with Gasteiger partial charge in [-0.15, -0.1) is 11.3 Å². The van der Waals surface area contributed by atoms with Crippen LogP contribution in [-0.4, -0.2) is 23.1 Å². The molecule has 4 rings (SSSR count). The lowest BCUT2D eigenvalue weighted by atomic mass is 9.95. The van der Waals surface area contributed by atoms with Crippen molar-refractivity contribution >= 4 is 46.6 Å². The van der Waals surface area contributed by atoms with Crippen molar-refractivity contribution in [2.24, 2.45) is 0 Å². The van der Waals surface area contributed by atoms with Gasteiger partial charge in [-0.2, -0.15) is 5.26 Å². The van der Waals surface area contributed by atoms with Crippen molar-refractivity contribution in [3.63, 3.8) is 0 Å². The fourth-order valence-electron chi connectivity index (χ4n) is 4.44. The minimum absolute atomic E-state index is 0.0266. The summed E-state index contributed by atoms with van der Waals surface area (Å²) >= 11 is 7.63. The van der Waals surface area contributed by atoms with E-state index < -0.39 is 5.91 Å². The van der Waals surface area contributed by atoms with Crippen LogP contribution >= 0.6 is 22.9 Å². The van der Waals surface area contributed by atoms with Crippen molar-refractivity contribution in [1.82, 2.24) is 4.57 Å². The number of amides is 1. The van der Waals surface area contributed by atoms with Crippen LogP contribution in [0.2, 0.25) is 5.02 Å². The van der Waals surface area contributed by atoms with Crippen LogP contribution in [0.15, 0.2) is 35.9 Å². The summed E-state index contributed by atoms with van der Waals surface area (Å²) < 4.78 is 7.45. The predicted octanol–water partition coefficient (Wildman–Crippen LogP) is 6.41. The summed E-state index contributed by atoms with van der Waals surface area (Å²) in [5.74, 6) is -0.816. The Kier molecular flexibility index (Phi) is 7.44. The van der Waals surface area contributed by atoms with E-state index in [1.807, 2.05) is 37.5 Å². The fourth-order valence-corrected chi connectivity index (χ4v) is 6.12. The second kappa shape index (κ2) is 10.5. The lowest BCUT2D eigenvalue weighted by Crippen LogP contribution is -2.13. The standard InChI is InChI=1S/C27H26ClN3O3S/c1-4-34-27(33)24-22-10-5-6-11-23(22)35-26(24)31-16(2)12-18(17(31)3)13-19(15-29)25(32)30-21-9-7-8-20(28)14-21/h7-9,12-14H,4-6,10-11H2,1-3H3,(H,30,32)/b19-13+. The van der Waals surface area contributed by atoms with Crippen LogP contribution in [0.5, 0.6) is 0 Å². The van der Waals surface area contributed by atoms with Gasteiger partial charge in [0.2, 0.25) is 0 Å². The second-order valence-corrected chi connectivity index (χ2v) is 9.93. The first-order chi connectivity index (χ1) is 16.8. The summed E-state index contributed by atoms with van der Waals surface area (Å²) in [6, 6.07) is 10.7. The highest BCUT2D eigenvalue weighted by molar-refractivity contribution is 7.15. The molecule has 0 bridgehead atoms. The van der Waals surface area contributed by atoms with Gasteiger partial charge in [0.1, 0.15) is 16.6 Å². The van der Waals surface area contributed by atoms with Gasteiger partial charge in [0.05, 0.1) is 12.2 Å². The van der Waals surface area contributed by atoms with Gasteiger partial charge < -0.3 is 14.6 Å². The number of aryl methyl sites for hydroxylation is 2. The Hall–Kier alpha value is -3.34. The average Bonchev–Trinajstić information content (AvgIpc) is 3.33. The summed E-state index contributed by atoms with van der Waals surface area (Å²) in [5, 5.41) is 13.7.